The Hall–Kier alpha value is -4.46. The largest absolute Gasteiger partial charge is 0.486 e. The molecular formula is C27H21NO7. The van der Waals surface area contributed by atoms with Crippen LogP contribution < -0.4 is 14.8 Å². The lowest BCUT2D eigenvalue weighted by atomic mass is 9.83. The van der Waals surface area contributed by atoms with Crippen LogP contribution in [0.4, 0.5) is 5.69 Å². The van der Waals surface area contributed by atoms with E-state index in [0.717, 1.165) is 0 Å². The molecule has 1 aliphatic heterocycles. The Labute approximate surface area is 200 Å². The van der Waals surface area contributed by atoms with Gasteiger partial charge in [-0.2, -0.15) is 0 Å². The number of nitrogens with one attached hydrogen (secondary N) is 1. The summed E-state index contributed by atoms with van der Waals surface area (Å²) < 4.78 is 16.3. The predicted molar refractivity (Wildman–Crippen MR) is 125 cm³/mol. The van der Waals surface area contributed by atoms with Crippen LogP contribution in [-0.4, -0.2) is 42.8 Å². The number of rotatable bonds is 5. The van der Waals surface area contributed by atoms with Crippen LogP contribution in [-0.2, 0) is 20.7 Å². The second kappa shape index (κ2) is 9.06. The molecular weight excluding hydrogens is 450 g/mol. The molecule has 0 spiro atoms. The zero-order valence-corrected chi connectivity index (χ0v) is 18.8. The van der Waals surface area contributed by atoms with Gasteiger partial charge in [-0.05, 0) is 30.7 Å². The first-order valence-electron chi connectivity index (χ1n) is 11.1. The minimum atomic E-state index is -1.13. The van der Waals surface area contributed by atoms with Gasteiger partial charge in [-0.3, -0.25) is 19.2 Å². The van der Waals surface area contributed by atoms with E-state index in [2.05, 4.69) is 5.32 Å². The highest BCUT2D eigenvalue weighted by molar-refractivity contribution is 6.30. The van der Waals surface area contributed by atoms with E-state index in [4.69, 9.17) is 14.2 Å². The van der Waals surface area contributed by atoms with Crippen molar-refractivity contribution in [1.29, 1.82) is 0 Å². The second-order valence-electron chi connectivity index (χ2n) is 8.21. The number of ketones is 2. The topological polar surface area (TPSA) is 108 Å². The van der Waals surface area contributed by atoms with Crippen LogP contribution in [0.3, 0.4) is 0 Å². The summed E-state index contributed by atoms with van der Waals surface area (Å²) in [6, 6.07) is 16.4. The van der Waals surface area contributed by atoms with Crippen molar-refractivity contribution in [2.45, 2.75) is 19.4 Å². The van der Waals surface area contributed by atoms with E-state index >= 15 is 0 Å². The maximum Gasteiger partial charge on any atom is 0.311 e. The molecule has 3 aromatic rings. The number of amides is 1. The third-order valence-electron chi connectivity index (χ3n) is 5.84. The highest BCUT2D eigenvalue weighted by atomic mass is 16.6. The first-order valence-corrected chi connectivity index (χ1v) is 11.1. The van der Waals surface area contributed by atoms with Gasteiger partial charge in [-0.25, -0.2) is 0 Å². The summed E-state index contributed by atoms with van der Waals surface area (Å²) in [5, 5.41) is 2.64. The predicted octanol–water partition coefficient (Wildman–Crippen LogP) is 3.35. The molecule has 176 valence electrons. The fraction of sp³-hybridized carbons (Fsp3) is 0.185. The molecule has 0 bridgehead atoms. The highest BCUT2D eigenvalue weighted by Crippen LogP contribution is 2.32. The van der Waals surface area contributed by atoms with Crippen molar-refractivity contribution in [3.8, 4) is 11.5 Å². The molecule has 1 amide bonds. The molecule has 1 atom stereocenters. The van der Waals surface area contributed by atoms with Crippen molar-refractivity contribution < 1.29 is 33.4 Å². The molecule has 0 saturated carbocycles. The Kier molecular flexibility index (Phi) is 5.78. The molecule has 8 nitrogen and oxygen atoms in total. The molecule has 2 aliphatic rings. The Morgan fingerprint density at radius 2 is 1.57 bits per heavy atom. The summed E-state index contributed by atoms with van der Waals surface area (Å²) in [6.07, 6.45) is -1.18. The van der Waals surface area contributed by atoms with Crippen molar-refractivity contribution in [2.24, 2.45) is 0 Å². The van der Waals surface area contributed by atoms with Gasteiger partial charge < -0.3 is 19.5 Å². The van der Waals surface area contributed by atoms with Gasteiger partial charge >= 0.3 is 5.97 Å². The lowest BCUT2D eigenvalue weighted by Gasteiger charge is -2.21. The molecule has 35 heavy (non-hydrogen) atoms. The third-order valence-corrected chi connectivity index (χ3v) is 5.84. The van der Waals surface area contributed by atoms with Crippen LogP contribution in [0.25, 0.3) is 0 Å². The number of carbonyl (C=O) groups excluding carboxylic acids is 4. The summed E-state index contributed by atoms with van der Waals surface area (Å²) in [5.41, 5.74) is 1.80. The quantitative estimate of drug-likeness (QED) is 0.445. The summed E-state index contributed by atoms with van der Waals surface area (Å²) in [7, 11) is 0. The Bertz CT molecular complexity index is 1380. The molecule has 1 N–H and O–H groups in total. The molecule has 8 heteroatoms. The fourth-order valence-electron chi connectivity index (χ4n) is 4.14. The summed E-state index contributed by atoms with van der Waals surface area (Å²) in [6.45, 7) is 2.34. The van der Waals surface area contributed by atoms with Crippen molar-refractivity contribution in [3.05, 3.63) is 88.5 Å². The molecule has 1 aliphatic carbocycles. The molecule has 0 saturated heterocycles. The first-order chi connectivity index (χ1) is 16.9. The summed E-state index contributed by atoms with van der Waals surface area (Å²) in [4.78, 5) is 51.2. The van der Waals surface area contributed by atoms with Crippen molar-refractivity contribution in [1.82, 2.24) is 0 Å². The smallest absolute Gasteiger partial charge is 0.311 e. The minimum Gasteiger partial charge on any atom is -0.486 e. The lowest BCUT2D eigenvalue weighted by Crippen LogP contribution is -2.32. The number of hydrogen-bond acceptors (Lipinski definition) is 7. The van der Waals surface area contributed by atoms with E-state index in [1.54, 1.807) is 60.7 Å². The number of hydrogen-bond donors (Lipinski definition) is 1. The zero-order valence-electron chi connectivity index (χ0n) is 18.8. The number of anilines is 1. The van der Waals surface area contributed by atoms with E-state index in [1.807, 2.05) is 0 Å². The zero-order chi connectivity index (χ0) is 24.5. The highest BCUT2D eigenvalue weighted by Gasteiger charge is 2.32. The van der Waals surface area contributed by atoms with Gasteiger partial charge in [0.1, 0.15) is 13.2 Å². The Morgan fingerprint density at radius 1 is 0.886 bits per heavy atom. The van der Waals surface area contributed by atoms with Crippen LogP contribution in [0, 0.1) is 0 Å². The van der Waals surface area contributed by atoms with Gasteiger partial charge in [-0.1, -0.05) is 42.5 Å². The molecule has 1 heterocycles. The molecule has 5 rings (SSSR count). The van der Waals surface area contributed by atoms with Gasteiger partial charge in [0.15, 0.2) is 29.2 Å². The van der Waals surface area contributed by atoms with Gasteiger partial charge in [-0.15, -0.1) is 0 Å². The Morgan fingerprint density at radius 3 is 2.34 bits per heavy atom. The van der Waals surface area contributed by atoms with E-state index < -0.39 is 18.0 Å². The number of carbonyl (C=O) groups is 4. The normalized spacial score (nSPS) is 14.4. The van der Waals surface area contributed by atoms with E-state index in [-0.39, 0.29) is 40.4 Å². The lowest BCUT2D eigenvalue weighted by molar-refractivity contribution is -0.152. The van der Waals surface area contributed by atoms with Crippen molar-refractivity contribution in [2.75, 3.05) is 18.5 Å². The fourth-order valence-corrected chi connectivity index (χ4v) is 4.14. The van der Waals surface area contributed by atoms with Crippen molar-refractivity contribution >= 4 is 29.1 Å². The SMILES string of the molecule is CC(OC(=O)Cc1ccc2c(c1)OCCO2)C(=O)Nc1cccc2c1C(=O)c1ccccc1C2=O. The molecule has 0 aromatic heterocycles. The van der Waals surface area contributed by atoms with Crippen LogP contribution in [0.1, 0.15) is 44.3 Å². The summed E-state index contributed by atoms with van der Waals surface area (Å²) in [5.74, 6) is -0.683. The number of esters is 1. The van der Waals surface area contributed by atoms with E-state index in [9.17, 15) is 19.2 Å². The van der Waals surface area contributed by atoms with Gasteiger partial charge in [0.05, 0.1) is 17.7 Å². The maximum absolute atomic E-state index is 13.1. The van der Waals surface area contributed by atoms with Crippen LogP contribution in [0.2, 0.25) is 0 Å². The number of fused-ring (bicyclic) bond motifs is 3. The molecule has 0 radical (unpaired) electrons. The van der Waals surface area contributed by atoms with Crippen LogP contribution >= 0.6 is 0 Å². The maximum atomic E-state index is 13.1. The first kappa shape index (κ1) is 22.3. The van der Waals surface area contributed by atoms with E-state index in [0.29, 0.717) is 35.8 Å². The summed E-state index contributed by atoms with van der Waals surface area (Å²) >= 11 is 0. The number of benzene rings is 3. The van der Waals surface area contributed by atoms with Gasteiger partial charge in [0.25, 0.3) is 5.91 Å². The van der Waals surface area contributed by atoms with Crippen molar-refractivity contribution in [3.63, 3.8) is 0 Å². The van der Waals surface area contributed by atoms with E-state index in [1.165, 1.54) is 6.92 Å². The minimum absolute atomic E-state index is 0.0568. The van der Waals surface area contributed by atoms with Crippen LogP contribution in [0.15, 0.2) is 60.7 Å². The molecule has 3 aromatic carbocycles. The van der Waals surface area contributed by atoms with Gasteiger partial charge in [0, 0.05) is 16.7 Å². The average molecular weight is 471 g/mol. The Balaban J connectivity index is 1.28. The third kappa shape index (κ3) is 4.26. The van der Waals surface area contributed by atoms with Gasteiger partial charge in [0.2, 0.25) is 0 Å². The molecule has 0 fully saturated rings. The number of ether oxygens (including phenoxy) is 3. The standard InChI is InChI=1S/C27H21NO7/c1-15(35-23(29)14-16-9-10-21-22(13-16)34-12-11-33-21)27(32)28-20-8-4-7-19-24(20)26(31)18-6-3-2-5-17(18)25(19)30/h2-10,13,15H,11-12,14H2,1H3,(H,28,32). The monoisotopic (exact) mass is 471 g/mol. The second-order valence-corrected chi connectivity index (χ2v) is 8.21. The van der Waals surface area contributed by atoms with Crippen LogP contribution in [0.5, 0.6) is 11.5 Å². The average Bonchev–Trinajstić information content (AvgIpc) is 2.87. The molecule has 1 unspecified atom stereocenters.